The summed E-state index contributed by atoms with van der Waals surface area (Å²) in [5.41, 5.74) is 1.17. The Kier molecular flexibility index (Phi) is 3.76. The molecule has 0 unspecified atom stereocenters. The fraction of sp³-hybridized carbons (Fsp3) is 0.333. The van der Waals surface area contributed by atoms with Gasteiger partial charge in [0, 0.05) is 30.1 Å². The zero-order chi connectivity index (χ0) is 8.97. The number of hydrogen-bond acceptors (Lipinski definition) is 2. The fourth-order valence-corrected chi connectivity index (χ4v) is 1.40. The highest BCUT2D eigenvalue weighted by Gasteiger charge is 1.97. The minimum absolute atomic E-state index is 0.776. The zero-order valence-corrected chi connectivity index (χ0v) is 8.65. The molecule has 0 aliphatic rings. The Morgan fingerprint density at radius 1 is 1.33 bits per heavy atom. The molecular weight excluding hydrogens is 190 g/mol. The maximum absolute atomic E-state index is 5.76. The number of anilines is 1. The Morgan fingerprint density at radius 3 is 2.42 bits per heavy atom. The molecule has 0 radical (unpaired) electrons. The lowest BCUT2D eigenvalue weighted by Crippen LogP contribution is -2.19. The smallest absolute Gasteiger partial charge is 0.0407 e. The van der Waals surface area contributed by atoms with Crippen LogP contribution in [0.15, 0.2) is 24.3 Å². The van der Waals surface area contributed by atoms with Crippen LogP contribution in [0, 0.1) is 0 Å². The number of nitrogens with zero attached hydrogens (tertiary/aromatic N) is 1. The molecule has 0 saturated heterocycles. The molecule has 1 nitrogen and oxygen atoms in total. The van der Waals surface area contributed by atoms with E-state index in [2.05, 4.69) is 17.5 Å². The van der Waals surface area contributed by atoms with Crippen LogP contribution in [-0.2, 0) is 0 Å². The van der Waals surface area contributed by atoms with Crippen LogP contribution in [0.25, 0.3) is 0 Å². The highest BCUT2D eigenvalue weighted by molar-refractivity contribution is 7.80. The third kappa shape index (κ3) is 2.61. The molecule has 0 aromatic heterocycles. The van der Waals surface area contributed by atoms with E-state index in [0.717, 1.165) is 17.3 Å². The molecule has 0 amide bonds. The van der Waals surface area contributed by atoms with E-state index in [9.17, 15) is 0 Å². The molecule has 0 spiro atoms. The van der Waals surface area contributed by atoms with Gasteiger partial charge in [0.05, 0.1) is 0 Å². The fourth-order valence-electron chi connectivity index (χ4n) is 0.975. The van der Waals surface area contributed by atoms with E-state index < -0.39 is 0 Å². The van der Waals surface area contributed by atoms with E-state index >= 15 is 0 Å². The van der Waals surface area contributed by atoms with Crippen molar-refractivity contribution < 1.29 is 0 Å². The summed E-state index contributed by atoms with van der Waals surface area (Å²) in [6, 6.07) is 7.80. The molecule has 0 fully saturated rings. The average molecular weight is 202 g/mol. The van der Waals surface area contributed by atoms with Gasteiger partial charge in [-0.15, -0.1) is 0 Å². The van der Waals surface area contributed by atoms with Crippen molar-refractivity contribution in [1.82, 2.24) is 0 Å². The van der Waals surface area contributed by atoms with Crippen molar-refractivity contribution in [2.75, 3.05) is 24.2 Å². The van der Waals surface area contributed by atoms with Gasteiger partial charge in [0.2, 0.25) is 0 Å². The minimum Gasteiger partial charge on any atom is -0.374 e. The normalized spacial score (nSPS) is 9.92. The van der Waals surface area contributed by atoms with Gasteiger partial charge >= 0.3 is 0 Å². The summed E-state index contributed by atoms with van der Waals surface area (Å²) in [4.78, 5) is 2.14. The van der Waals surface area contributed by atoms with Crippen molar-refractivity contribution in [3.8, 4) is 0 Å². The Morgan fingerprint density at radius 2 is 1.92 bits per heavy atom. The molecule has 0 saturated carbocycles. The van der Waals surface area contributed by atoms with Gasteiger partial charge in [0.25, 0.3) is 0 Å². The predicted molar refractivity (Wildman–Crippen MR) is 58.6 cm³/mol. The molecule has 66 valence electrons. The second kappa shape index (κ2) is 4.63. The highest BCUT2D eigenvalue weighted by atomic mass is 35.5. The van der Waals surface area contributed by atoms with Gasteiger partial charge in [-0.3, -0.25) is 0 Å². The minimum atomic E-state index is 0.776. The van der Waals surface area contributed by atoms with Crippen LogP contribution in [0.2, 0.25) is 5.02 Å². The molecule has 0 N–H and O–H groups in total. The van der Waals surface area contributed by atoms with E-state index in [4.69, 9.17) is 11.6 Å². The van der Waals surface area contributed by atoms with E-state index in [1.165, 1.54) is 5.69 Å². The first-order valence-corrected chi connectivity index (χ1v) is 4.82. The third-order valence-corrected chi connectivity index (χ3v) is 2.15. The first kappa shape index (κ1) is 9.75. The summed E-state index contributed by atoms with van der Waals surface area (Å²) in [5, 5.41) is 0.776. The first-order chi connectivity index (χ1) is 5.74. The van der Waals surface area contributed by atoms with Gasteiger partial charge in [0.15, 0.2) is 0 Å². The van der Waals surface area contributed by atoms with Crippen LogP contribution >= 0.6 is 24.2 Å². The molecule has 12 heavy (non-hydrogen) atoms. The molecule has 1 rings (SSSR count). The van der Waals surface area contributed by atoms with Gasteiger partial charge in [-0.1, -0.05) is 11.6 Å². The first-order valence-electron chi connectivity index (χ1n) is 3.81. The van der Waals surface area contributed by atoms with E-state index in [1.54, 1.807) is 0 Å². The molecule has 0 aliphatic carbocycles. The van der Waals surface area contributed by atoms with E-state index in [0.29, 0.717) is 0 Å². The Balaban J connectivity index is 2.68. The van der Waals surface area contributed by atoms with Gasteiger partial charge in [-0.05, 0) is 24.3 Å². The Bertz CT molecular complexity index is 235. The molecular formula is C9H12ClNS. The number of hydrogen-bond donors (Lipinski definition) is 1. The van der Waals surface area contributed by atoms with Gasteiger partial charge < -0.3 is 4.90 Å². The molecule has 3 heteroatoms. The Hall–Kier alpha value is -0.340. The maximum Gasteiger partial charge on any atom is 0.0407 e. The summed E-state index contributed by atoms with van der Waals surface area (Å²) in [7, 11) is 2.04. The summed E-state index contributed by atoms with van der Waals surface area (Å²) in [5.74, 6) is 0.860. The van der Waals surface area contributed by atoms with Crippen molar-refractivity contribution in [1.29, 1.82) is 0 Å². The van der Waals surface area contributed by atoms with Crippen LogP contribution in [-0.4, -0.2) is 19.3 Å². The lowest BCUT2D eigenvalue weighted by molar-refractivity contribution is 0.980. The average Bonchev–Trinajstić information content (AvgIpc) is 2.06. The van der Waals surface area contributed by atoms with Crippen LogP contribution < -0.4 is 4.90 Å². The van der Waals surface area contributed by atoms with E-state index in [1.807, 2.05) is 31.3 Å². The van der Waals surface area contributed by atoms with Crippen LogP contribution in [0.5, 0.6) is 0 Å². The second-order valence-electron chi connectivity index (χ2n) is 2.62. The molecule has 0 heterocycles. The molecule has 0 atom stereocenters. The summed E-state index contributed by atoms with van der Waals surface area (Å²) < 4.78 is 0. The zero-order valence-electron chi connectivity index (χ0n) is 7.00. The number of thiol groups is 1. The number of benzene rings is 1. The molecule has 0 bridgehead atoms. The largest absolute Gasteiger partial charge is 0.374 e. The van der Waals surface area contributed by atoms with Gasteiger partial charge in [-0.2, -0.15) is 12.6 Å². The molecule has 0 aliphatic heterocycles. The predicted octanol–water partition coefficient (Wildman–Crippen LogP) is 2.71. The lowest BCUT2D eigenvalue weighted by Gasteiger charge is -2.17. The standard InChI is InChI=1S/C9H12ClNS/c1-11(6-7-12)9-4-2-8(10)3-5-9/h2-5,12H,6-7H2,1H3. The molecule has 1 aromatic carbocycles. The maximum atomic E-state index is 5.76. The quantitative estimate of drug-likeness (QED) is 0.737. The summed E-state index contributed by atoms with van der Waals surface area (Å²) >= 11 is 9.92. The number of rotatable bonds is 3. The van der Waals surface area contributed by atoms with Crippen LogP contribution in [0.3, 0.4) is 0 Å². The third-order valence-electron chi connectivity index (χ3n) is 1.70. The molecule has 1 aromatic rings. The lowest BCUT2D eigenvalue weighted by atomic mass is 10.3. The van der Waals surface area contributed by atoms with E-state index in [-0.39, 0.29) is 0 Å². The summed E-state index contributed by atoms with van der Waals surface area (Å²) in [6.07, 6.45) is 0. The van der Waals surface area contributed by atoms with Crippen molar-refractivity contribution in [3.05, 3.63) is 29.3 Å². The van der Waals surface area contributed by atoms with Gasteiger partial charge in [0.1, 0.15) is 0 Å². The Labute approximate surface area is 83.7 Å². The topological polar surface area (TPSA) is 3.24 Å². The monoisotopic (exact) mass is 201 g/mol. The second-order valence-corrected chi connectivity index (χ2v) is 3.51. The summed E-state index contributed by atoms with van der Waals surface area (Å²) in [6.45, 7) is 0.949. The van der Waals surface area contributed by atoms with Crippen molar-refractivity contribution in [3.63, 3.8) is 0 Å². The van der Waals surface area contributed by atoms with Crippen molar-refractivity contribution >= 4 is 29.9 Å². The van der Waals surface area contributed by atoms with Gasteiger partial charge in [-0.25, -0.2) is 0 Å². The SMILES string of the molecule is CN(CCS)c1ccc(Cl)cc1. The van der Waals surface area contributed by atoms with Crippen molar-refractivity contribution in [2.45, 2.75) is 0 Å². The van der Waals surface area contributed by atoms with Crippen LogP contribution in [0.4, 0.5) is 5.69 Å². The number of halogens is 1. The van der Waals surface area contributed by atoms with Crippen molar-refractivity contribution in [2.24, 2.45) is 0 Å². The van der Waals surface area contributed by atoms with Crippen LogP contribution in [0.1, 0.15) is 0 Å². The highest BCUT2D eigenvalue weighted by Crippen LogP contribution is 2.16.